The Hall–Kier alpha value is -3.21. The highest BCUT2D eigenvalue weighted by molar-refractivity contribution is 5.95. The molecule has 238 valence electrons. The third-order valence-electron chi connectivity index (χ3n) is 7.63. The second kappa shape index (κ2) is 19.8. The van der Waals surface area contributed by atoms with Crippen molar-refractivity contribution in [3.05, 3.63) is 24.4 Å². The Morgan fingerprint density at radius 2 is 1.60 bits per heavy atom. The van der Waals surface area contributed by atoms with E-state index < -0.39 is 60.3 Å². The standard InChI is InChI=1S/C31H52N4O7/c1-6-7-8-9-10-11-12-13-14-15-16-17-21(2)28-23(4)30(40)33-22(3)18-19-25(37)35(5)20-24(36)34-26(31(41)42-28)27(38)29(32)39/h18-19,21,23,26-28,38H,3,6-17,20H2,1-2,4-5H3,(H2,32,39)(H,33,40)(H,34,36). The molecule has 5 N–H and O–H groups in total. The van der Waals surface area contributed by atoms with Gasteiger partial charge in [-0.1, -0.05) is 98.0 Å². The van der Waals surface area contributed by atoms with Crippen LogP contribution < -0.4 is 16.4 Å². The Kier molecular flexibility index (Phi) is 17.4. The Morgan fingerprint density at radius 1 is 1.05 bits per heavy atom. The number of nitrogens with zero attached hydrogens (tertiary/aromatic N) is 1. The number of allylic oxidation sites excluding steroid dienone is 1. The van der Waals surface area contributed by atoms with E-state index in [1.807, 2.05) is 6.92 Å². The predicted molar refractivity (Wildman–Crippen MR) is 160 cm³/mol. The zero-order valence-corrected chi connectivity index (χ0v) is 25.9. The van der Waals surface area contributed by atoms with E-state index in [9.17, 15) is 29.1 Å². The SMILES string of the molecule is C=C1C=CC(=O)N(C)CC(=O)NC(C(O)C(N)=O)C(=O)OC(C(C)CCCCCCCCCCCCC)C(C)C(=O)N1. The Morgan fingerprint density at radius 3 is 2.14 bits per heavy atom. The molecular formula is C31H52N4O7. The van der Waals surface area contributed by atoms with Gasteiger partial charge in [0, 0.05) is 18.8 Å². The molecule has 0 aromatic carbocycles. The van der Waals surface area contributed by atoms with Crippen molar-refractivity contribution in [2.75, 3.05) is 13.6 Å². The van der Waals surface area contributed by atoms with Gasteiger partial charge in [-0.2, -0.15) is 0 Å². The van der Waals surface area contributed by atoms with Crippen molar-refractivity contribution in [1.82, 2.24) is 15.5 Å². The fourth-order valence-electron chi connectivity index (χ4n) is 4.92. The van der Waals surface area contributed by atoms with Crippen LogP contribution in [0.2, 0.25) is 0 Å². The number of hydrogen-bond acceptors (Lipinski definition) is 7. The maximum atomic E-state index is 13.2. The number of amides is 4. The number of carbonyl (C=O) groups excluding carboxylic acids is 5. The summed E-state index contributed by atoms with van der Waals surface area (Å²) in [6.45, 7) is 8.95. The molecule has 0 bridgehead atoms. The third-order valence-corrected chi connectivity index (χ3v) is 7.63. The first-order valence-electron chi connectivity index (χ1n) is 15.3. The zero-order chi connectivity index (χ0) is 31.7. The van der Waals surface area contributed by atoms with Crippen molar-refractivity contribution in [2.24, 2.45) is 17.6 Å². The lowest BCUT2D eigenvalue weighted by atomic mass is 9.88. The average Bonchev–Trinajstić information content (AvgIpc) is 2.94. The van der Waals surface area contributed by atoms with E-state index in [1.165, 1.54) is 64.5 Å². The molecule has 0 aliphatic carbocycles. The third kappa shape index (κ3) is 13.6. The lowest BCUT2D eigenvalue weighted by Gasteiger charge is -2.31. The maximum absolute atomic E-state index is 13.2. The molecular weight excluding hydrogens is 540 g/mol. The van der Waals surface area contributed by atoms with Gasteiger partial charge in [0.15, 0.2) is 12.1 Å². The lowest BCUT2D eigenvalue weighted by Crippen LogP contribution is -2.57. The summed E-state index contributed by atoms with van der Waals surface area (Å²) in [6, 6.07) is -1.82. The zero-order valence-electron chi connectivity index (χ0n) is 25.9. The van der Waals surface area contributed by atoms with E-state index in [4.69, 9.17) is 10.5 Å². The molecule has 5 atom stereocenters. The number of primary amides is 1. The molecule has 1 aliphatic heterocycles. The summed E-state index contributed by atoms with van der Waals surface area (Å²) in [5, 5.41) is 15.2. The number of rotatable bonds is 15. The molecule has 5 unspecified atom stereocenters. The van der Waals surface area contributed by atoms with Crippen LogP contribution in [0.5, 0.6) is 0 Å². The van der Waals surface area contributed by atoms with Crippen LogP contribution in [0.25, 0.3) is 0 Å². The van der Waals surface area contributed by atoms with Crippen LogP contribution in [0.1, 0.15) is 97.8 Å². The number of nitrogens with one attached hydrogen (secondary N) is 2. The van der Waals surface area contributed by atoms with Crippen LogP contribution in [0.15, 0.2) is 24.4 Å². The second-order valence-corrected chi connectivity index (χ2v) is 11.4. The maximum Gasteiger partial charge on any atom is 0.332 e. The fraction of sp³-hybridized carbons (Fsp3) is 0.710. The topological polar surface area (TPSA) is 168 Å². The average molecular weight is 593 g/mol. The minimum Gasteiger partial charge on any atom is -0.460 e. The highest BCUT2D eigenvalue weighted by Gasteiger charge is 2.39. The molecule has 1 rings (SSSR count). The Bertz CT molecular complexity index is 952. The van der Waals surface area contributed by atoms with Gasteiger partial charge >= 0.3 is 5.97 Å². The van der Waals surface area contributed by atoms with Crippen molar-refractivity contribution in [1.29, 1.82) is 0 Å². The Labute approximate surface area is 250 Å². The summed E-state index contributed by atoms with van der Waals surface area (Å²) < 4.78 is 5.73. The first-order valence-corrected chi connectivity index (χ1v) is 15.3. The normalized spacial score (nSPS) is 22.5. The van der Waals surface area contributed by atoms with E-state index >= 15 is 0 Å². The molecule has 0 fully saturated rings. The highest BCUT2D eigenvalue weighted by atomic mass is 16.5. The number of esters is 1. The molecule has 1 aliphatic rings. The van der Waals surface area contributed by atoms with Crippen LogP contribution >= 0.6 is 0 Å². The van der Waals surface area contributed by atoms with Crippen molar-refractivity contribution >= 4 is 29.6 Å². The molecule has 11 heteroatoms. The van der Waals surface area contributed by atoms with Gasteiger partial charge in [0.05, 0.1) is 12.5 Å². The number of cyclic esters (lactones) is 1. The monoisotopic (exact) mass is 592 g/mol. The smallest absolute Gasteiger partial charge is 0.332 e. The van der Waals surface area contributed by atoms with Gasteiger partial charge in [-0.15, -0.1) is 0 Å². The van der Waals surface area contributed by atoms with E-state index in [0.29, 0.717) is 6.42 Å². The van der Waals surface area contributed by atoms with Gasteiger partial charge < -0.3 is 31.1 Å². The minimum absolute atomic E-state index is 0.151. The first-order chi connectivity index (χ1) is 19.9. The largest absolute Gasteiger partial charge is 0.460 e. The molecule has 42 heavy (non-hydrogen) atoms. The van der Waals surface area contributed by atoms with Gasteiger partial charge in [0.25, 0.3) is 0 Å². The van der Waals surface area contributed by atoms with E-state index in [2.05, 4.69) is 24.1 Å². The van der Waals surface area contributed by atoms with Crippen LogP contribution in [0.3, 0.4) is 0 Å². The molecule has 0 spiro atoms. The minimum atomic E-state index is -2.08. The van der Waals surface area contributed by atoms with Gasteiger partial charge in [-0.05, 0) is 18.4 Å². The molecule has 0 radical (unpaired) electrons. The lowest BCUT2D eigenvalue weighted by molar-refractivity contribution is -0.165. The quantitative estimate of drug-likeness (QED) is 0.167. The van der Waals surface area contributed by atoms with Crippen molar-refractivity contribution in [3.8, 4) is 0 Å². The van der Waals surface area contributed by atoms with Crippen LogP contribution in [-0.4, -0.2) is 71.4 Å². The second-order valence-electron chi connectivity index (χ2n) is 11.4. The van der Waals surface area contributed by atoms with Crippen molar-refractivity contribution in [2.45, 2.75) is 116 Å². The molecule has 0 saturated carbocycles. The Balaban J connectivity index is 2.96. The summed E-state index contributed by atoms with van der Waals surface area (Å²) in [7, 11) is 1.35. The number of carbonyl (C=O) groups is 5. The van der Waals surface area contributed by atoms with Crippen LogP contribution in [0, 0.1) is 11.8 Å². The van der Waals surface area contributed by atoms with Gasteiger partial charge in [-0.3, -0.25) is 19.2 Å². The molecule has 11 nitrogen and oxygen atoms in total. The number of likely N-dealkylation sites (N-methyl/N-ethyl adjacent to an activating group) is 1. The van der Waals surface area contributed by atoms with Gasteiger partial charge in [0.2, 0.25) is 23.6 Å². The molecule has 4 amide bonds. The van der Waals surface area contributed by atoms with Gasteiger partial charge in [0.1, 0.15) is 6.10 Å². The van der Waals surface area contributed by atoms with Crippen LogP contribution in [-0.2, 0) is 28.7 Å². The number of unbranched alkanes of at least 4 members (excludes halogenated alkanes) is 10. The number of ether oxygens (including phenoxy) is 1. The van der Waals surface area contributed by atoms with Crippen molar-refractivity contribution < 1.29 is 33.8 Å². The fourth-order valence-corrected chi connectivity index (χ4v) is 4.92. The van der Waals surface area contributed by atoms with E-state index in [-0.39, 0.29) is 11.6 Å². The van der Waals surface area contributed by atoms with E-state index in [0.717, 1.165) is 30.2 Å². The van der Waals surface area contributed by atoms with Crippen molar-refractivity contribution in [3.63, 3.8) is 0 Å². The number of aliphatic hydroxyl groups is 1. The molecule has 0 aromatic heterocycles. The number of aliphatic hydroxyl groups excluding tert-OH is 1. The predicted octanol–water partition coefficient (Wildman–Crippen LogP) is 2.86. The van der Waals surface area contributed by atoms with E-state index in [1.54, 1.807) is 6.92 Å². The summed E-state index contributed by atoms with van der Waals surface area (Å²) in [4.78, 5) is 64.1. The summed E-state index contributed by atoms with van der Waals surface area (Å²) in [6.07, 6.45) is 13.2. The number of hydrogen-bond donors (Lipinski definition) is 4. The van der Waals surface area contributed by atoms with Gasteiger partial charge in [-0.25, -0.2) is 4.79 Å². The number of nitrogens with two attached hydrogens (primary N) is 1. The van der Waals surface area contributed by atoms with Crippen LogP contribution in [0.4, 0.5) is 0 Å². The summed E-state index contributed by atoms with van der Waals surface area (Å²) >= 11 is 0. The highest BCUT2D eigenvalue weighted by Crippen LogP contribution is 2.25. The first kappa shape index (κ1) is 36.8. The summed E-state index contributed by atoms with van der Waals surface area (Å²) in [5.74, 6) is -5.34. The molecule has 0 saturated heterocycles. The molecule has 1 heterocycles. The molecule has 0 aromatic rings. The summed E-state index contributed by atoms with van der Waals surface area (Å²) in [5.41, 5.74) is 5.37.